The molecule has 2 aromatic heterocycles. The van der Waals surface area contributed by atoms with Crippen molar-refractivity contribution in [2.75, 3.05) is 0 Å². The molecular formula is C14H15N5OS. The van der Waals surface area contributed by atoms with Gasteiger partial charge in [0.1, 0.15) is 11.4 Å². The number of H-pyrrole nitrogens is 1. The number of aromatic nitrogens is 4. The van der Waals surface area contributed by atoms with Crippen LogP contribution >= 0.6 is 11.7 Å². The van der Waals surface area contributed by atoms with Crippen molar-refractivity contribution in [2.45, 2.75) is 38.6 Å². The fourth-order valence-corrected chi connectivity index (χ4v) is 3.43. The molecule has 0 unspecified atom stereocenters. The molecule has 0 atom stereocenters. The summed E-state index contributed by atoms with van der Waals surface area (Å²) in [6, 6.07) is 0. The van der Waals surface area contributed by atoms with E-state index in [0.717, 1.165) is 58.7 Å². The van der Waals surface area contributed by atoms with E-state index in [2.05, 4.69) is 24.0 Å². The maximum absolute atomic E-state index is 12.3. The van der Waals surface area contributed by atoms with Crippen LogP contribution in [0.1, 0.15) is 38.1 Å². The number of hydrogen-bond acceptors (Lipinski definition) is 6. The van der Waals surface area contributed by atoms with Crippen LogP contribution in [0.4, 0.5) is 0 Å². The molecule has 0 radical (unpaired) electrons. The number of aryl methyl sites for hydroxylation is 1. The highest BCUT2D eigenvalue weighted by Gasteiger charge is 2.36. The van der Waals surface area contributed by atoms with Crippen molar-refractivity contribution < 1.29 is 4.79 Å². The molecule has 0 aromatic carbocycles. The lowest BCUT2D eigenvalue weighted by molar-refractivity contribution is -0.117. The zero-order valence-corrected chi connectivity index (χ0v) is 12.7. The van der Waals surface area contributed by atoms with Gasteiger partial charge in [0.2, 0.25) is 0 Å². The monoisotopic (exact) mass is 301 g/mol. The number of hydrogen-bond donors (Lipinski definition) is 2. The van der Waals surface area contributed by atoms with Crippen LogP contribution < -0.4 is 5.32 Å². The molecular weight excluding hydrogens is 286 g/mol. The minimum Gasteiger partial charge on any atom is -0.378 e. The second-order valence-corrected chi connectivity index (χ2v) is 6.72. The van der Waals surface area contributed by atoms with E-state index in [0.29, 0.717) is 6.42 Å². The molecule has 0 amide bonds. The average Bonchev–Trinajstić information content (AvgIpc) is 3.06. The summed E-state index contributed by atoms with van der Waals surface area (Å²) in [5.74, 6) is 0.958. The predicted octanol–water partition coefficient (Wildman–Crippen LogP) is 1.93. The summed E-state index contributed by atoms with van der Waals surface area (Å²) in [5.41, 5.74) is 4.22. The van der Waals surface area contributed by atoms with Crippen molar-refractivity contribution in [3.8, 4) is 11.5 Å². The highest BCUT2D eigenvalue weighted by Crippen LogP contribution is 2.36. The first-order valence-corrected chi connectivity index (χ1v) is 7.68. The predicted molar refractivity (Wildman–Crippen MR) is 79.6 cm³/mol. The third-order valence-electron chi connectivity index (χ3n) is 3.95. The van der Waals surface area contributed by atoms with Crippen LogP contribution in [0.25, 0.3) is 17.2 Å². The summed E-state index contributed by atoms with van der Waals surface area (Å²) in [6.07, 6.45) is 3.82. The maximum atomic E-state index is 12.3. The second kappa shape index (κ2) is 4.24. The summed E-state index contributed by atoms with van der Waals surface area (Å²) in [5, 5.41) is 3.48. The Morgan fingerprint density at radius 1 is 1.33 bits per heavy atom. The van der Waals surface area contributed by atoms with E-state index in [1.807, 2.05) is 13.8 Å². The van der Waals surface area contributed by atoms with Crippen molar-refractivity contribution in [1.82, 2.24) is 24.0 Å². The Bertz CT molecular complexity index is 756. The molecule has 2 aromatic rings. The molecule has 2 N–H and O–H groups in total. The lowest BCUT2D eigenvalue weighted by atomic mass is 9.83. The van der Waals surface area contributed by atoms with Gasteiger partial charge in [0.25, 0.3) is 0 Å². The van der Waals surface area contributed by atoms with Gasteiger partial charge in [0.05, 0.1) is 23.6 Å². The van der Waals surface area contributed by atoms with Gasteiger partial charge in [-0.15, -0.1) is 0 Å². The number of carbonyl (C=O) groups is 1. The number of aromatic amines is 1. The highest BCUT2D eigenvalue weighted by atomic mass is 32.1. The van der Waals surface area contributed by atoms with Crippen LogP contribution in [0.2, 0.25) is 0 Å². The molecule has 6 nitrogen and oxygen atoms in total. The molecule has 0 saturated carbocycles. The number of allylic oxidation sites excluding steroid dienone is 1. The molecule has 3 heterocycles. The zero-order chi connectivity index (χ0) is 14.6. The minimum absolute atomic E-state index is 0.230. The molecule has 21 heavy (non-hydrogen) atoms. The van der Waals surface area contributed by atoms with Crippen LogP contribution in [-0.2, 0) is 11.2 Å². The number of carbonyl (C=O) groups excluding carboxylic acids is 1. The topological polar surface area (TPSA) is 83.6 Å². The number of Topliss-reactive ketones (excluding diaryl/α,β-unsaturated/α-hetero) is 1. The van der Waals surface area contributed by atoms with Crippen molar-refractivity contribution in [3.63, 3.8) is 0 Å². The molecule has 0 saturated heterocycles. The van der Waals surface area contributed by atoms with Gasteiger partial charge >= 0.3 is 0 Å². The molecule has 1 aliphatic carbocycles. The molecule has 2 aliphatic rings. The number of nitrogens with one attached hydrogen (secondary N) is 2. The Balaban J connectivity index is 1.83. The lowest BCUT2D eigenvalue weighted by Gasteiger charge is -2.36. The summed E-state index contributed by atoms with van der Waals surface area (Å²) in [7, 11) is 0. The van der Waals surface area contributed by atoms with Gasteiger partial charge in [-0.3, -0.25) is 4.79 Å². The van der Waals surface area contributed by atoms with Gasteiger partial charge in [-0.05, 0) is 26.7 Å². The fraction of sp³-hybridized carbons (Fsp3) is 0.429. The minimum atomic E-state index is -0.230. The third kappa shape index (κ3) is 1.99. The van der Waals surface area contributed by atoms with Crippen molar-refractivity contribution in [2.24, 2.45) is 0 Å². The number of rotatable bonds is 1. The molecule has 0 bridgehead atoms. The summed E-state index contributed by atoms with van der Waals surface area (Å²) < 4.78 is 8.22. The van der Waals surface area contributed by atoms with E-state index in [4.69, 9.17) is 0 Å². The smallest absolute Gasteiger partial charge is 0.163 e. The van der Waals surface area contributed by atoms with Gasteiger partial charge in [-0.1, -0.05) is 0 Å². The first-order valence-electron chi connectivity index (χ1n) is 6.95. The van der Waals surface area contributed by atoms with Crippen molar-refractivity contribution in [3.05, 3.63) is 23.2 Å². The first kappa shape index (κ1) is 12.7. The van der Waals surface area contributed by atoms with E-state index in [-0.39, 0.29) is 11.3 Å². The number of imidazole rings is 1. The highest BCUT2D eigenvalue weighted by molar-refractivity contribution is 6.99. The molecule has 0 spiro atoms. The number of nitrogens with zero attached hydrogens (tertiary/aromatic N) is 3. The summed E-state index contributed by atoms with van der Waals surface area (Å²) >= 11 is 1.16. The van der Waals surface area contributed by atoms with Crippen LogP contribution in [-0.4, -0.2) is 30.0 Å². The number of fused-ring (bicyclic) bond motifs is 2. The molecule has 4 rings (SSSR count). The normalized spacial score (nSPS) is 20.0. The van der Waals surface area contributed by atoms with Gasteiger partial charge in [-0.2, -0.15) is 8.75 Å². The Hall–Kier alpha value is -2.02. The standard InChI is InChI=1S/C14H15N5OS/c1-14(2)5-10(20)7-3-4-8-12(11(7)18-14)17-13(16-8)9-6-15-21-19-9/h6,18H,3-5H2,1-2H3,(H,16,17). The van der Waals surface area contributed by atoms with E-state index < -0.39 is 0 Å². The summed E-state index contributed by atoms with van der Waals surface area (Å²) in [4.78, 5) is 20.3. The molecule has 1 aliphatic heterocycles. The largest absolute Gasteiger partial charge is 0.378 e. The van der Waals surface area contributed by atoms with E-state index >= 15 is 0 Å². The fourth-order valence-electron chi connectivity index (χ4n) is 3.01. The Morgan fingerprint density at radius 3 is 2.95 bits per heavy atom. The Labute approximate surface area is 126 Å². The van der Waals surface area contributed by atoms with Crippen LogP contribution in [0, 0.1) is 0 Å². The summed E-state index contributed by atoms with van der Waals surface area (Å²) in [6.45, 7) is 4.09. The molecule has 7 heteroatoms. The van der Waals surface area contributed by atoms with Crippen LogP contribution in [0.15, 0.2) is 11.8 Å². The zero-order valence-electron chi connectivity index (χ0n) is 11.9. The SMILES string of the molecule is CC1(C)CC(=O)C2=C(N1)c1nc(-c3cnsn3)[nH]c1CC2. The van der Waals surface area contributed by atoms with Crippen molar-refractivity contribution in [1.29, 1.82) is 0 Å². The Morgan fingerprint density at radius 2 is 2.19 bits per heavy atom. The second-order valence-electron chi connectivity index (χ2n) is 6.17. The average molecular weight is 301 g/mol. The number of ketones is 1. The van der Waals surface area contributed by atoms with Gasteiger partial charge in [-0.25, -0.2) is 4.98 Å². The van der Waals surface area contributed by atoms with Crippen LogP contribution in [0.5, 0.6) is 0 Å². The Kier molecular flexibility index (Phi) is 2.56. The van der Waals surface area contributed by atoms with Crippen molar-refractivity contribution >= 4 is 23.2 Å². The third-order valence-corrected chi connectivity index (χ3v) is 4.43. The van der Waals surface area contributed by atoms with E-state index in [1.165, 1.54) is 0 Å². The van der Waals surface area contributed by atoms with Gasteiger partial charge in [0.15, 0.2) is 11.6 Å². The van der Waals surface area contributed by atoms with Crippen LogP contribution in [0.3, 0.4) is 0 Å². The van der Waals surface area contributed by atoms with Gasteiger partial charge < -0.3 is 10.3 Å². The maximum Gasteiger partial charge on any atom is 0.163 e. The molecule has 0 fully saturated rings. The molecule has 108 valence electrons. The van der Waals surface area contributed by atoms with E-state index in [1.54, 1.807) is 6.20 Å². The lowest BCUT2D eigenvalue weighted by Crippen LogP contribution is -2.45. The first-order chi connectivity index (χ1) is 10.0. The quantitative estimate of drug-likeness (QED) is 0.841. The van der Waals surface area contributed by atoms with E-state index in [9.17, 15) is 4.79 Å². The van der Waals surface area contributed by atoms with Gasteiger partial charge in [0, 0.05) is 23.2 Å².